The van der Waals surface area contributed by atoms with Crippen LogP contribution in [0.5, 0.6) is 0 Å². The largest absolute Gasteiger partial charge is 0.374 e. The number of aromatic nitrogens is 2. The quantitative estimate of drug-likeness (QED) is 0.552. The number of nitrogens with two attached hydrogens (primary N) is 1. The summed E-state index contributed by atoms with van der Waals surface area (Å²) in [6, 6.07) is 19.6. The van der Waals surface area contributed by atoms with Gasteiger partial charge in [0, 0.05) is 17.3 Å². The molecule has 0 atom stereocenters. The molecule has 1 aromatic heterocycles. The van der Waals surface area contributed by atoms with E-state index in [1.807, 2.05) is 66.9 Å². The third kappa shape index (κ3) is 3.23. The number of hydrogen-bond acceptors (Lipinski definition) is 4. The van der Waals surface area contributed by atoms with Crippen molar-refractivity contribution in [1.29, 1.82) is 0 Å². The summed E-state index contributed by atoms with van der Waals surface area (Å²) in [6.07, 6.45) is 3.68. The molecule has 0 bridgehead atoms. The van der Waals surface area contributed by atoms with E-state index in [4.69, 9.17) is 23.1 Å². The highest BCUT2D eigenvalue weighted by Gasteiger charge is 2.29. The van der Waals surface area contributed by atoms with Gasteiger partial charge >= 0.3 is 0 Å². The second-order valence-electron chi connectivity index (χ2n) is 6.28. The molecule has 7 heteroatoms. The van der Waals surface area contributed by atoms with Gasteiger partial charge in [-0.05, 0) is 37.4 Å². The number of amides is 1. The number of nitrogens with zero attached hydrogens (tertiary/aromatic N) is 4. The fourth-order valence-corrected chi connectivity index (χ4v) is 3.14. The SMILES string of the molecule is CC1=NN(C(N)=S)C(=O)/C1=C/c1cn(-c2ccccc2)nc1-c1ccccc1. The van der Waals surface area contributed by atoms with E-state index in [1.54, 1.807) is 17.7 Å². The van der Waals surface area contributed by atoms with Gasteiger partial charge in [0.2, 0.25) is 0 Å². The number of hydrogen-bond donors (Lipinski definition) is 1. The van der Waals surface area contributed by atoms with Crippen molar-refractivity contribution >= 4 is 35.0 Å². The molecule has 0 unspecified atom stereocenters. The Bertz CT molecular complexity index is 1120. The third-order valence-electron chi connectivity index (χ3n) is 4.38. The molecule has 0 saturated heterocycles. The minimum absolute atomic E-state index is 0.0731. The predicted octanol–water partition coefficient (Wildman–Crippen LogP) is 3.38. The van der Waals surface area contributed by atoms with Crippen LogP contribution in [0.15, 0.2) is 77.5 Å². The molecule has 28 heavy (non-hydrogen) atoms. The molecule has 2 aromatic carbocycles. The van der Waals surface area contributed by atoms with Crippen molar-refractivity contribution in [2.45, 2.75) is 6.92 Å². The zero-order valence-electron chi connectivity index (χ0n) is 15.1. The van der Waals surface area contributed by atoms with E-state index in [9.17, 15) is 4.79 Å². The zero-order chi connectivity index (χ0) is 19.7. The van der Waals surface area contributed by atoms with Gasteiger partial charge in [-0.15, -0.1) is 0 Å². The number of thiocarbonyl (C=S) groups is 1. The van der Waals surface area contributed by atoms with E-state index in [2.05, 4.69) is 5.10 Å². The molecular weight excluding hydrogens is 370 g/mol. The van der Waals surface area contributed by atoms with E-state index in [-0.39, 0.29) is 11.0 Å². The Morgan fingerprint density at radius 2 is 1.71 bits per heavy atom. The van der Waals surface area contributed by atoms with Crippen LogP contribution in [0.2, 0.25) is 0 Å². The first-order chi connectivity index (χ1) is 13.5. The summed E-state index contributed by atoms with van der Waals surface area (Å²) in [7, 11) is 0. The van der Waals surface area contributed by atoms with E-state index in [0.717, 1.165) is 27.5 Å². The van der Waals surface area contributed by atoms with Crippen molar-refractivity contribution in [3.63, 3.8) is 0 Å². The van der Waals surface area contributed by atoms with Gasteiger partial charge in [-0.1, -0.05) is 48.5 Å². The predicted molar refractivity (Wildman–Crippen MR) is 114 cm³/mol. The van der Waals surface area contributed by atoms with Crippen LogP contribution in [0.1, 0.15) is 12.5 Å². The lowest BCUT2D eigenvalue weighted by Crippen LogP contribution is -2.33. The molecule has 0 spiro atoms. The molecule has 0 fully saturated rings. The Balaban J connectivity index is 1.85. The molecule has 2 heterocycles. The maximum Gasteiger partial charge on any atom is 0.282 e. The first-order valence-corrected chi connectivity index (χ1v) is 9.07. The summed E-state index contributed by atoms with van der Waals surface area (Å²) < 4.78 is 1.80. The second kappa shape index (κ2) is 7.21. The van der Waals surface area contributed by atoms with Gasteiger partial charge in [-0.2, -0.15) is 15.2 Å². The summed E-state index contributed by atoms with van der Waals surface area (Å²) in [5, 5.41) is 9.88. The Labute approximate surface area is 167 Å². The second-order valence-corrected chi connectivity index (χ2v) is 6.70. The minimum Gasteiger partial charge on any atom is -0.374 e. The highest BCUT2D eigenvalue weighted by molar-refractivity contribution is 7.80. The standard InChI is InChI=1S/C21H17N5OS/c1-14-18(20(27)26(23-14)21(22)28)12-16-13-25(17-10-6-3-7-11-17)24-19(16)15-8-4-2-5-9-15/h2-13H,1H3,(H2,22,28)/b18-12+. The molecule has 1 amide bonds. The monoisotopic (exact) mass is 387 g/mol. The summed E-state index contributed by atoms with van der Waals surface area (Å²) in [6.45, 7) is 1.76. The summed E-state index contributed by atoms with van der Waals surface area (Å²) >= 11 is 4.91. The lowest BCUT2D eigenvalue weighted by Gasteiger charge is -2.07. The van der Waals surface area contributed by atoms with Crippen LogP contribution in [0.4, 0.5) is 0 Å². The Morgan fingerprint density at radius 3 is 2.32 bits per heavy atom. The molecule has 3 aromatic rings. The number of benzene rings is 2. The molecular formula is C21H17N5OS. The molecule has 4 rings (SSSR count). The first-order valence-electron chi connectivity index (χ1n) is 8.66. The van der Waals surface area contributed by atoms with Crippen molar-refractivity contribution in [1.82, 2.24) is 14.8 Å². The van der Waals surface area contributed by atoms with Crippen molar-refractivity contribution in [3.8, 4) is 16.9 Å². The van der Waals surface area contributed by atoms with Crippen LogP contribution in [0, 0.1) is 0 Å². The number of para-hydroxylation sites is 1. The maximum absolute atomic E-state index is 12.6. The number of carbonyl (C=O) groups excluding carboxylic acids is 1. The van der Waals surface area contributed by atoms with Crippen molar-refractivity contribution in [3.05, 3.63) is 78.0 Å². The molecule has 0 aliphatic carbocycles. The first kappa shape index (κ1) is 17.8. The van der Waals surface area contributed by atoms with Crippen LogP contribution in [-0.4, -0.2) is 31.5 Å². The number of carbonyl (C=O) groups is 1. The molecule has 0 saturated carbocycles. The molecule has 6 nitrogen and oxygen atoms in total. The molecule has 0 radical (unpaired) electrons. The average molecular weight is 387 g/mol. The number of hydrazone groups is 1. The van der Waals surface area contributed by atoms with E-state index >= 15 is 0 Å². The van der Waals surface area contributed by atoms with E-state index in [1.165, 1.54) is 0 Å². The third-order valence-corrected chi connectivity index (χ3v) is 4.55. The van der Waals surface area contributed by atoms with Gasteiger partial charge in [0.15, 0.2) is 5.11 Å². The van der Waals surface area contributed by atoms with E-state index < -0.39 is 0 Å². The summed E-state index contributed by atoms with van der Waals surface area (Å²) in [4.78, 5) is 12.6. The highest BCUT2D eigenvalue weighted by Crippen LogP contribution is 2.27. The van der Waals surface area contributed by atoms with Crippen molar-refractivity contribution in [2.24, 2.45) is 10.8 Å². The Kier molecular flexibility index (Phi) is 4.58. The molecule has 1 aliphatic rings. The van der Waals surface area contributed by atoms with Gasteiger partial charge in [-0.25, -0.2) is 4.68 Å². The molecule has 138 valence electrons. The Hall–Kier alpha value is -3.58. The van der Waals surface area contributed by atoms with Gasteiger partial charge in [0.05, 0.1) is 22.7 Å². The van der Waals surface area contributed by atoms with Gasteiger partial charge in [0.25, 0.3) is 5.91 Å². The summed E-state index contributed by atoms with van der Waals surface area (Å²) in [5.74, 6) is -0.337. The lowest BCUT2D eigenvalue weighted by atomic mass is 10.0. The fourth-order valence-electron chi connectivity index (χ4n) is 3.02. The smallest absolute Gasteiger partial charge is 0.282 e. The zero-order valence-corrected chi connectivity index (χ0v) is 15.9. The lowest BCUT2D eigenvalue weighted by molar-refractivity contribution is -0.122. The minimum atomic E-state index is -0.337. The fraction of sp³-hybridized carbons (Fsp3) is 0.0476. The van der Waals surface area contributed by atoms with E-state index in [0.29, 0.717) is 11.3 Å². The van der Waals surface area contributed by atoms with Crippen LogP contribution >= 0.6 is 12.2 Å². The maximum atomic E-state index is 12.6. The van der Waals surface area contributed by atoms with Crippen molar-refractivity contribution < 1.29 is 4.79 Å². The van der Waals surface area contributed by atoms with Crippen LogP contribution in [-0.2, 0) is 4.79 Å². The van der Waals surface area contributed by atoms with Crippen LogP contribution in [0.25, 0.3) is 23.0 Å². The molecule has 1 aliphatic heterocycles. The Morgan fingerprint density at radius 1 is 1.07 bits per heavy atom. The topological polar surface area (TPSA) is 76.5 Å². The van der Waals surface area contributed by atoms with Gasteiger partial charge < -0.3 is 5.73 Å². The van der Waals surface area contributed by atoms with Gasteiger partial charge in [-0.3, -0.25) is 4.79 Å². The highest BCUT2D eigenvalue weighted by atomic mass is 32.1. The number of rotatable bonds is 3. The molecule has 2 N–H and O–H groups in total. The van der Waals surface area contributed by atoms with Crippen molar-refractivity contribution in [2.75, 3.05) is 0 Å². The van der Waals surface area contributed by atoms with Crippen LogP contribution < -0.4 is 5.73 Å². The normalized spacial score (nSPS) is 15.2. The average Bonchev–Trinajstić information content (AvgIpc) is 3.26. The summed E-state index contributed by atoms with van der Waals surface area (Å²) in [5.41, 5.74) is 10.0. The van der Waals surface area contributed by atoms with Gasteiger partial charge in [0.1, 0.15) is 0 Å². The van der Waals surface area contributed by atoms with Crippen LogP contribution in [0.3, 0.4) is 0 Å².